The molecule has 0 saturated heterocycles. The van der Waals surface area contributed by atoms with Gasteiger partial charge in [0, 0.05) is 22.0 Å². The monoisotopic (exact) mass is 364 g/mol. The van der Waals surface area contributed by atoms with Gasteiger partial charge >= 0.3 is 0 Å². The van der Waals surface area contributed by atoms with E-state index < -0.39 is 23.0 Å². The number of fused-ring (bicyclic) bond motifs is 2. The number of amides is 1. The van der Waals surface area contributed by atoms with Crippen LogP contribution in [0.15, 0.2) is 59.4 Å². The Morgan fingerprint density at radius 2 is 1.70 bits per heavy atom. The van der Waals surface area contributed by atoms with Gasteiger partial charge in [0.1, 0.15) is 11.6 Å². The maximum absolute atomic E-state index is 14.1. The Morgan fingerprint density at radius 1 is 0.963 bits per heavy atom. The van der Waals surface area contributed by atoms with E-state index in [4.69, 9.17) is 0 Å². The molecule has 134 valence electrons. The first-order valence-corrected chi connectivity index (χ1v) is 8.26. The molecule has 0 aliphatic rings. The number of pyridine rings is 1. The Hall–Kier alpha value is -3.54. The van der Waals surface area contributed by atoms with Crippen LogP contribution in [0.4, 0.5) is 14.5 Å². The summed E-state index contributed by atoms with van der Waals surface area (Å²) in [6.45, 7) is 1.84. The molecular weight excluding hydrogens is 350 g/mol. The van der Waals surface area contributed by atoms with Crippen molar-refractivity contribution < 1.29 is 13.6 Å². The largest absolute Gasteiger partial charge is 0.354 e. The highest BCUT2D eigenvalue weighted by molar-refractivity contribution is 6.13. The van der Waals surface area contributed by atoms with Crippen molar-refractivity contribution in [2.75, 3.05) is 5.32 Å². The Labute approximate surface area is 152 Å². The van der Waals surface area contributed by atoms with Crippen molar-refractivity contribution in [3.63, 3.8) is 0 Å². The second-order valence-electron chi connectivity index (χ2n) is 6.29. The minimum Gasteiger partial charge on any atom is -0.354 e. The zero-order chi connectivity index (χ0) is 19.1. The lowest BCUT2D eigenvalue weighted by Crippen LogP contribution is -2.16. The number of hydrogen-bond acceptors (Lipinski definition) is 2. The Kier molecular flexibility index (Phi) is 3.96. The summed E-state index contributed by atoms with van der Waals surface area (Å²) >= 11 is 0. The quantitative estimate of drug-likeness (QED) is 0.514. The van der Waals surface area contributed by atoms with Crippen LogP contribution in [0, 0.1) is 18.6 Å². The number of aromatic nitrogens is 1. The molecule has 0 aliphatic heterocycles. The van der Waals surface area contributed by atoms with E-state index in [0.29, 0.717) is 11.2 Å². The summed E-state index contributed by atoms with van der Waals surface area (Å²) < 4.78 is 27.6. The van der Waals surface area contributed by atoms with Crippen LogP contribution < -0.4 is 10.7 Å². The maximum Gasteiger partial charge on any atom is 0.257 e. The average molecular weight is 364 g/mol. The molecule has 1 heterocycles. The number of aryl methyl sites for hydroxylation is 1. The molecule has 1 aromatic heterocycles. The first kappa shape index (κ1) is 16.9. The number of para-hydroxylation sites is 1. The predicted molar refractivity (Wildman–Crippen MR) is 101 cm³/mol. The van der Waals surface area contributed by atoms with Gasteiger partial charge in [-0.15, -0.1) is 0 Å². The van der Waals surface area contributed by atoms with E-state index in [9.17, 15) is 18.4 Å². The van der Waals surface area contributed by atoms with Gasteiger partial charge in [-0.25, -0.2) is 8.78 Å². The van der Waals surface area contributed by atoms with E-state index in [2.05, 4.69) is 10.3 Å². The van der Waals surface area contributed by atoms with Gasteiger partial charge in [-0.3, -0.25) is 9.59 Å². The fraction of sp³-hybridized carbons (Fsp3) is 0.0476. The molecule has 3 aromatic carbocycles. The first-order chi connectivity index (χ1) is 12.9. The molecule has 0 radical (unpaired) electrons. The topological polar surface area (TPSA) is 62.0 Å². The number of carbonyl (C=O) groups is 1. The number of hydrogen-bond donors (Lipinski definition) is 2. The van der Waals surface area contributed by atoms with E-state index in [-0.39, 0.29) is 21.9 Å². The highest BCUT2D eigenvalue weighted by atomic mass is 19.1. The third-order valence-electron chi connectivity index (χ3n) is 4.47. The van der Waals surface area contributed by atoms with Crippen molar-refractivity contribution in [2.45, 2.75) is 6.92 Å². The fourth-order valence-electron chi connectivity index (χ4n) is 3.10. The van der Waals surface area contributed by atoms with Crippen LogP contribution in [0.25, 0.3) is 21.8 Å². The second kappa shape index (κ2) is 6.32. The molecule has 4 nitrogen and oxygen atoms in total. The SMILES string of the molecule is Cc1ccccc1NC(=O)c1cc(F)cc2c(=O)c3cc(F)ccc3[nH]c12. The normalized spacial score (nSPS) is 11.1. The summed E-state index contributed by atoms with van der Waals surface area (Å²) in [5, 5.41) is 2.82. The van der Waals surface area contributed by atoms with E-state index in [0.717, 1.165) is 23.8 Å². The van der Waals surface area contributed by atoms with Gasteiger partial charge in [0.05, 0.1) is 11.1 Å². The molecule has 0 bridgehead atoms. The summed E-state index contributed by atoms with van der Waals surface area (Å²) in [7, 11) is 0. The molecule has 27 heavy (non-hydrogen) atoms. The van der Waals surface area contributed by atoms with Crippen LogP contribution >= 0.6 is 0 Å². The van der Waals surface area contributed by atoms with Crippen molar-refractivity contribution >= 4 is 33.4 Å². The number of H-pyrrole nitrogens is 1. The van der Waals surface area contributed by atoms with Gasteiger partial charge in [0.15, 0.2) is 5.43 Å². The molecule has 0 saturated carbocycles. The molecule has 0 atom stereocenters. The summed E-state index contributed by atoms with van der Waals surface area (Å²) in [5.74, 6) is -1.84. The van der Waals surface area contributed by atoms with E-state index in [1.807, 2.05) is 19.1 Å². The number of anilines is 1. The lowest BCUT2D eigenvalue weighted by Gasteiger charge is -2.11. The van der Waals surface area contributed by atoms with E-state index in [1.54, 1.807) is 12.1 Å². The molecule has 1 amide bonds. The molecule has 0 aliphatic carbocycles. The Morgan fingerprint density at radius 3 is 2.48 bits per heavy atom. The summed E-state index contributed by atoms with van der Waals surface area (Å²) in [6.07, 6.45) is 0. The molecule has 4 rings (SSSR count). The predicted octanol–water partition coefficient (Wildman–Crippen LogP) is 4.52. The van der Waals surface area contributed by atoms with Gasteiger partial charge in [0.25, 0.3) is 5.91 Å². The van der Waals surface area contributed by atoms with Gasteiger partial charge in [-0.05, 0) is 48.9 Å². The highest BCUT2D eigenvalue weighted by Gasteiger charge is 2.17. The number of benzene rings is 3. The number of carbonyl (C=O) groups excluding carboxylic acids is 1. The molecule has 0 fully saturated rings. The Bertz CT molecular complexity index is 1280. The van der Waals surface area contributed by atoms with E-state index >= 15 is 0 Å². The van der Waals surface area contributed by atoms with Crippen LogP contribution in [0.5, 0.6) is 0 Å². The fourth-order valence-corrected chi connectivity index (χ4v) is 3.10. The zero-order valence-electron chi connectivity index (χ0n) is 14.3. The van der Waals surface area contributed by atoms with Crippen LogP contribution in [0.1, 0.15) is 15.9 Å². The number of rotatable bonds is 2. The van der Waals surface area contributed by atoms with Gasteiger partial charge in [-0.1, -0.05) is 18.2 Å². The van der Waals surface area contributed by atoms with Crippen molar-refractivity contribution in [3.8, 4) is 0 Å². The molecular formula is C21H14F2N2O2. The van der Waals surface area contributed by atoms with Crippen LogP contribution in [0.3, 0.4) is 0 Å². The van der Waals surface area contributed by atoms with Gasteiger partial charge in [0.2, 0.25) is 0 Å². The van der Waals surface area contributed by atoms with Crippen LogP contribution in [-0.2, 0) is 0 Å². The molecule has 0 unspecified atom stereocenters. The van der Waals surface area contributed by atoms with Gasteiger partial charge < -0.3 is 10.3 Å². The standard InChI is InChI=1S/C21H14F2N2O2/c1-11-4-2-3-5-17(11)25-21(27)16-10-13(23)9-15-19(16)24-18-7-6-12(22)8-14(18)20(15)26/h2-10H,1H3,(H,24,26)(H,25,27). The maximum atomic E-state index is 14.1. The van der Waals surface area contributed by atoms with Gasteiger partial charge in [-0.2, -0.15) is 0 Å². The molecule has 6 heteroatoms. The molecule has 2 N–H and O–H groups in total. The van der Waals surface area contributed by atoms with Crippen molar-refractivity contribution in [1.82, 2.24) is 4.98 Å². The van der Waals surface area contributed by atoms with Crippen LogP contribution in [-0.4, -0.2) is 10.9 Å². The summed E-state index contributed by atoms with van der Waals surface area (Å²) in [6, 6.07) is 13.0. The van der Waals surface area contributed by atoms with Crippen LogP contribution in [0.2, 0.25) is 0 Å². The lowest BCUT2D eigenvalue weighted by atomic mass is 10.0. The average Bonchev–Trinajstić information content (AvgIpc) is 2.64. The van der Waals surface area contributed by atoms with Crippen molar-refractivity contribution in [2.24, 2.45) is 0 Å². The van der Waals surface area contributed by atoms with Crippen molar-refractivity contribution in [1.29, 1.82) is 0 Å². The molecule has 0 spiro atoms. The minimum atomic E-state index is -0.723. The smallest absolute Gasteiger partial charge is 0.257 e. The minimum absolute atomic E-state index is 0.00317. The zero-order valence-corrected chi connectivity index (χ0v) is 14.3. The second-order valence-corrected chi connectivity index (χ2v) is 6.29. The molecule has 4 aromatic rings. The highest BCUT2D eigenvalue weighted by Crippen LogP contribution is 2.22. The summed E-state index contributed by atoms with van der Waals surface area (Å²) in [4.78, 5) is 28.4. The third kappa shape index (κ3) is 2.95. The number of halogens is 2. The van der Waals surface area contributed by atoms with E-state index in [1.165, 1.54) is 12.1 Å². The third-order valence-corrected chi connectivity index (χ3v) is 4.47. The number of aromatic amines is 1. The van der Waals surface area contributed by atoms with Crippen molar-refractivity contribution in [3.05, 3.63) is 87.6 Å². The lowest BCUT2D eigenvalue weighted by molar-refractivity contribution is 0.102. The summed E-state index contributed by atoms with van der Waals surface area (Å²) in [5.41, 5.74) is 1.46. The number of nitrogens with one attached hydrogen (secondary N) is 2. The Balaban J connectivity index is 1.94. The first-order valence-electron chi connectivity index (χ1n) is 8.26.